The zero-order valence-corrected chi connectivity index (χ0v) is 14.9. The molecule has 0 fully saturated rings. The van der Waals surface area contributed by atoms with Crippen LogP contribution in [0.15, 0.2) is 35.4 Å². The first kappa shape index (κ1) is 17.8. The standard InChI is InChI=1S/C18H18N6O4/c25-14(24-8-6-12-15(21-10-20-12)16(24)18(26)27)5-1-4-13-22-17(23-28-13)11-3-2-7-19-9-11/h2-3,7,9-10,16H,1,4-6,8H2,(H,20,21)(H,26,27). The number of rotatable bonds is 6. The molecule has 28 heavy (non-hydrogen) atoms. The van der Waals surface area contributed by atoms with Crippen LogP contribution in [0, 0.1) is 0 Å². The number of aliphatic carboxylic acids is 1. The molecule has 1 atom stereocenters. The molecule has 0 aliphatic carbocycles. The van der Waals surface area contributed by atoms with Gasteiger partial charge < -0.3 is 19.5 Å². The molecule has 144 valence electrons. The van der Waals surface area contributed by atoms with Gasteiger partial charge in [-0.2, -0.15) is 4.98 Å². The van der Waals surface area contributed by atoms with Crippen molar-refractivity contribution in [2.24, 2.45) is 0 Å². The largest absolute Gasteiger partial charge is 0.479 e. The van der Waals surface area contributed by atoms with Gasteiger partial charge in [-0.05, 0) is 18.6 Å². The highest BCUT2D eigenvalue weighted by atomic mass is 16.5. The quantitative estimate of drug-likeness (QED) is 0.652. The number of H-pyrrole nitrogens is 1. The number of carbonyl (C=O) groups excluding carboxylic acids is 1. The Bertz CT molecular complexity index is 983. The van der Waals surface area contributed by atoms with E-state index in [9.17, 15) is 14.7 Å². The minimum absolute atomic E-state index is 0.189. The fourth-order valence-corrected chi connectivity index (χ4v) is 3.30. The van der Waals surface area contributed by atoms with Gasteiger partial charge in [0.1, 0.15) is 0 Å². The Morgan fingerprint density at radius 1 is 1.39 bits per heavy atom. The number of fused-ring (bicyclic) bond motifs is 1. The zero-order valence-electron chi connectivity index (χ0n) is 14.9. The summed E-state index contributed by atoms with van der Waals surface area (Å²) >= 11 is 0. The highest BCUT2D eigenvalue weighted by Gasteiger charge is 2.37. The van der Waals surface area contributed by atoms with Crippen molar-refractivity contribution in [3.05, 3.63) is 48.1 Å². The van der Waals surface area contributed by atoms with Crippen LogP contribution in [-0.2, 0) is 22.4 Å². The summed E-state index contributed by atoms with van der Waals surface area (Å²) in [6, 6.07) is 2.56. The van der Waals surface area contributed by atoms with Crippen LogP contribution in [0.25, 0.3) is 11.4 Å². The lowest BCUT2D eigenvalue weighted by atomic mass is 10.0. The molecule has 2 N–H and O–H groups in total. The number of hydrogen-bond acceptors (Lipinski definition) is 7. The minimum Gasteiger partial charge on any atom is -0.479 e. The van der Waals surface area contributed by atoms with Crippen molar-refractivity contribution in [1.82, 2.24) is 30.0 Å². The Balaban J connectivity index is 1.36. The van der Waals surface area contributed by atoms with E-state index in [2.05, 4.69) is 25.1 Å². The number of aromatic nitrogens is 5. The number of hydrogen-bond donors (Lipinski definition) is 2. The van der Waals surface area contributed by atoms with Gasteiger partial charge in [-0.1, -0.05) is 5.16 Å². The lowest BCUT2D eigenvalue weighted by molar-refractivity contribution is -0.151. The first-order valence-corrected chi connectivity index (χ1v) is 8.91. The van der Waals surface area contributed by atoms with E-state index in [1.54, 1.807) is 18.5 Å². The highest BCUT2D eigenvalue weighted by molar-refractivity contribution is 5.85. The van der Waals surface area contributed by atoms with Crippen molar-refractivity contribution in [2.45, 2.75) is 31.7 Å². The molecule has 0 bridgehead atoms. The number of amides is 1. The topological polar surface area (TPSA) is 138 Å². The molecule has 1 amide bonds. The second-order valence-electron chi connectivity index (χ2n) is 6.45. The van der Waals surface area contributed by atoms with Crippen molar-refractivity contribution < 1.29 is 19.2 Å². The number of imidazole rings is 1. The lowest BCUT2D eigenvalue weighted by Gasteiger charge is -2.32. The van der Waals surface area contributed by atoms with Crippen LogP contribution in [0.4, 0.5) is 0 Å². The van der Waals surface area contributed by atoms with Crippen LogP contribution in [0.2, 0.25) is 0 Å². The van der Waals surface area contributed by atoms with Crippen molar-refractivity contribution in [2.75, 3.05) is 6.54 Å². The van der Waals surface area contributed by atoms with Gasteiger partial charge in [-0.3, -0.25) is 9.78 Å². The minimum atomic E-state index is -1.08. The highest BCUT2D eigenvalue weighted by Crippen LogP contribution is 2.28. The van der Waals surface area contributed by atoms with Crippen LogP contribution in [0.5, 0.6) is 0 Å². The normalized spacial score (nSPS) is 16.0. The maximum Gasteiger partial charge on any atom is 0.332 e. The number of carbonyl (C=O) groups is 2. The molecule has 10 heteroatoms. The summed E-state index contributed by atoms with van der Waals surface area (Å²) < 4.78 is 5.22. The van der Waals surface area contributed by atoms with Crippen LogP contribution in [-0.4, -0.2) is 53.5 Å². The fourth-order valence-electron chi connectivity index (χ4n) is 3.30. The Labute approximate surface area is 159 Å². The molecule has 1 unspecified atom stereocenters. The molecule has 3 aromatic rings. The Morgan fingerprint density at radius 2 is 2.29 bits per heavy atom. The van der Waals surface area contributed by atoms with Crippen molar-refractivity contribution >= 4 is 11.9 Å². The predicted molar refractivity (Wildman–Crippen MR) is 94.8 cm³/mol. The Morgan fingerprint density at radius 3 is 3.07 bits per heavy atom. The summed E-state index contributed by atoms with van der Waals surface area (Å²) in [4.78, 5) is 41.0. The first-order chi connectivity index (χ1) is 13.6. The average molecular weight is 382 g/mol. The number of pyridine rings is 1. The SMILES string of the molecule is O=C(O)C1c2nc[nH]c2CCN1C(=O)CCCc1nc(-c2cccnc2)no1. The molecule has 1 aliphatic heterocycles. The molecular weight excluding hydrogens is 364 g/mol. The zero-order chi connectivity index (χ0) is 19.5. The van der Waals surface area contributed by atoms with Gasteiger partial charge in [-0.25, -0.2) is 9.78 Å². The summed E-state index contributed by atoms with van der Waals surface area (Å²) in [6.07, 6.45) is 6.42. The third-order valence-electron chi connectivity index (χ3n) is 4.65. The van der Waals surface area contributed by atoms with E-state index in [0.717, 1.165) is 11.3 Å². The number of carboxylic acid groups (broad SMARTS) is 1. The summed E-state index contributed by atoms with van der Waals surface area (Å²) in [5.74, 6) is -0.440. The van der Waals surface area contributed by atoms with E-state index in [-0.39, 0.29) is 12.3 Å². The number of aromatic amines is 1. The molecule has 4 rings (SSSR count). The van der Waals surface area contributed by atoms with E-state index in [1.165, 1.54) is 11.2 Å². The molecule has 0 radical (unpaired) electrons. The van der Waals surface area contributed by atoms with Crippen LogP contribution < -0.4 is 0 Å². The van der Waals surface area contributed by atoms with E-state index in [1.807, 2.05) is 6.07 Å². The number of nitrogens with one attached hydrogen (secondary N) is 1. The maximum atomic E-state index is 12.6. The molecule has 0 saturated carbocycles. The Hall–Kier alpha value is -3.56. The molecule has 1 aliphatic rings. The number of carboxylic acids is 1. The second kappa shape index (κ2) is 7.59. The first-order valence-electron chi connectivity index (χ1n) is 8.91. The van der Waals surface area contributed by atoms with E-state index in [4.69, 9.17) is 4.52 Å². The van der Waals surface area contributed by atoms with Gasteiger partial charge in [0.15, 0.2) is 6.04 Å². The maximum absolute atomic E-state index is 12.6. The molecule has 0 aromatic carbocycles. The van der Waals surface area contributed by atoms with Gasteiger partial charge in [0.2, 0.25) is 17.6 Å². The van der Waals surface area contributed by atoms with E-state index < -0.39 is 12.0 Å². The summed E-state index contributed by atoms with van der Waals surface area (Å²) in [5.41, 5.74) is 1.93. The third kappa shape index (κ3) is 3.48. The number of aryl methyl sites for hydroxylation is 1. The van der Waals surface area contributed by atoms with Crippen LogP contribution >= 0.6 is 0 Å². The average Bonchev–Trinajstić information content (AvgIpc) is 3.37. The molecule has 10 nitrogen and oxygen atoms in total. The van der Waals surface area contributed by atoms with Crippen molar-refractivity contribution in [3.63, 3.8) is 0 Å². The molecular formula is C18H18N6O4. The monoisotopic (exact) mass is 382 g/mol. The fraction of sp³-hybridized carbons (Fsp3) is 0.333. The van der Waals surface area contributed by atoms with Crippen molar-refractivity contribution in [1.29, 1.82) is 0 Å². The summed E-state index contributed by atoms with van der Waals surface area (Å²) in [6.45, 7) is 0.344. The van der Waals surface area contributed by atoms with Gasteiger partial charge in [0, 0.05) is 49.5 Å². The predicted octanol–water partition coefficient (Wildman–Crippen LogP) is 1.39. The lowest BCUT2D eigenvalue weighted by Crippen LogP contribution is -2.43. The Kier molecular flexibility index (Phi) is 4.83. The van der Waals surface area contributed by atoms with Gasteiger partial charge >= 0.3 is 5.97 Å². The summed E-state index contributed by atoms with van der Waals surface area (Å²) in [7, 11) is 0. The molecule has 0 saturated heterocycles. The molecule has 0 spiro atoms. The third-order valence-corrected chi connectivity index (χ3v) is 4.65. The van der Waals surface area contributed by atoms with Gasteiger partial charge in [-0.15, -0.1) is 0 Å². The van der Waals surface area contributed by atoms with E-state index in [0.29, 0.717) is 43.2 Å². The van der Waals surface area contributed by atoms with Crippen LogP contribution in [0.3, 0.4) is 0 Å². The van der Waals surface area contributed by atoms with E-state index >= 15 is 0 Å². The second-order valence-corrected chi connectivity index (χ2v) is 6.45. The van der Waals surface area contributed by atoms with Crippen molar-refractivity contribution in [3.8, 4) is 11.4 Å². The smallest absolute Gasteiger partial charge is 0.332 e. The molecule has 4 heterocycles. The number of nitrogens with zero attached hydrogens (tertiary/aromatic N) is 5. The molecule has 3 aromatic heterocycles. The van der Waals surface area contributed by atoms with Gasteiger partial charge in [0.25, 0.3) is 0 Å². The van der Waals surface area contributed by atoms with Crippen LogP contribution in [0.1, 0.15) is 36.2 Å². The van der Waals surface area contributed by atoms with Gasteiger partial charge in [0.05, 0.1) is 12.0 Å². The summed E-state index contributed by atoms with van der Waals surface area (Å²) in [5, 5.41) is 13.5.